The molecule has 1 heterocycles. The third kappa shape index (κ3) is 3.36. The Morgan fingerprint density at radius 2 is 2.07 bits per heavy atom. The van der Waals surface area contributed by atoms with Gasteiger partial charge in [0.1, 0.15) is 0 Å². The lowest BCUT2D eigenvalue weighted by atomic mass is 10.3. The van der Waals surface area contributed by atoms with Crippen molar-refractivity contribution in [3.8, 4) is 0 Å². The molecule has 1 aliphatic heterocycles. The molecule has 81 valence electrons. The summed E-state index contributed by atoms with van der Waals surface area (Å²) in [6.07, 6.45) is 1.21. The highest BCUT2D eigenvalue weighted by atomic mass is 16.5. The zero-order valence-electron chi connectivity index (χ0n) is 8.82. The number of aldehydes is 1. The number of likely N-dealkylation sites (N-methyl/N-ethyl adjacent to an activating group) is 1. The molecule has 1 rings (SSSR count). The summed E-state index contributed by atoms with van der Waals surface area (Å²) in [6, 6.07) is 0. The van der Waals surface area contributed by atoms with Gasteiger partial charge in [0, 0.05) is 32.8 Å². The van der Waals surface area contributed by atoms with Crippen LogP contribution in [-0.4, -0.2) is 62.1 Å². The smallest absolute Gasteiger partial charge is 0.167 e. The van der Waals surface area contributed by atoms with Gasteiger partial charge >= 0.3 is 0 Å². The molecule has 1 aliphatic rings. The third-order valence-corrected chi connectivity index (χ3v) is 2.45. The number of carbonyl (C=O) groups excluding carboxylic acids is 1. The van der Waals surface area contributed by atoms with Gasteiger partial charge in [-0.3, -0.25) is 9.69 Å². The molecule has 1 radical (unpaired) electrons. The summed E-state index contributed by atoms with van der Waals surface area (Å²) in [5, 5.41) is 0. The van der Waals surface area contributed by atoms with E-state index in [1.807, 2.05) is 0 Å². The van der Waals surface area contributed by atoms with Crippen LogP contribution in [-0.2, 0) is 9.53 Å². The lowest BCUT2D eigenvalue weighted by Crippen LogP contribution is -2.50. The van der Waals surface area contributed by atoms with E-state index in [1.165, 1.54) is 0 Å². The van der Waals surface area contributed by atoms with Crippen molar-refractivity contribution in [2.75, 3.05) is 39.8 Å². The minimum atomic E-state index is -0.370. The number of carbonyl (C=O) groups is 1. The van der Waals surface area contributed by atoms with Gasteiger partial charge in [0.05, 0.1) is 0 Å². The molecule has 0 aromatic rings. The summed E-state index contributed by atoms with van der Waals surface area (Å²) in [4.78, 5) is 15.1. The van der Waals surface area contributed by atoms with E-state index in [-0.39, 0.29) is 6.23 Å². The molecule has 4 heteroatoms. The Balaban J connectivity index is 2.32. The van der Waals surface area contributed by atoms with Crippen LogP contribution in [0.4, 0.5) is 0 Å². The normalized spacial score (nSPS) is 22.1. The molecule has 0 aromatic heterocycles. The van der Waals surface area contributed by atoms with E-state index < -0.39 is 0 Å². The molecule has 0 bridgehead atoms. The van der Waals surface area contributed by atoms with Crippen LogP contribution in [0.3, 0.4) is 0 Å². The van der Waals surface area contributed by atoms with Gasteiger partial charge in [-0.15, -0.1) is 0 Å². The second kappa shape index (κ2) is 6.11. The molecule has 1 unspecified atom stereocenters. The third-order valence-electron chi connectivity index (χ3n) is 2.45. The number of hydrogen-bond acceptors (Lipinski definition) is 4. The van der Waals surface area contributed by atoms with E-state index in [2.05, 4.69) is 23.8 Å². The highest BCUT2D eigenvalue weighted by molar-refractivity contribution is 5.55. The van der Waals surface area contributed by atoms with Gasteiger partial charge in [-0.25, -0.2) is 0 Å². The van der Waals surface area contributed by atoms with Gasteiger partial charge in [-0.2, -0.15) is 0 Å². The summed E-state index contributed by atoms with van der Waals surface area (Å²) >= 11 is 0. The maximum Gasteiger partial charge on any atom is 0.167 e. The molecule has 4 nitrogen and oxygen atoms in total. The first-order chi connectivity index (χ1) is 6.77. The lowest BCUT2D eigenvalue weighted by molar-refractivity contribution is -0.133. The van der Waals surface area contributed by atoms with Crippen LogP contribution in [0.5, 0.6) is 0 Å². The van der Waals surface area contributed by atoms with Crippen molar-refractivity contribution in [3.05, 3.63) is 6.92 Å². The van der Waals surface area contributed by atoms with E-state index in [1.54, 1.807) is 0 Å². The van der Waals surface area contributed by atoms with Crippen molar-refractivity contribution in [3.63, 3.8) is 0 Å². The van der Waals surface area contributed by atoms with Crippen LogP contribution in [0.15, 0.2) is 0 Å². The highest BCUT2D eigenvalue weighted by Crippen LogP contribution is 2.05. The summed E-state index contributed by atoms with van der Waals surface area (Å²) in [7, 11) is 2.09. The molecule has 0 spiro atoms. The van der Waals surface area contributed by atoms with Gasteiger partial charge in [0.15, 0.2) is 12.5 Å². The van der Waals surface area contributed by atoms with Gasteiger partial charge in [0.25, 0.3) is 0 Å². The fourth-order valence-electron chi connectivity index (χ4n) is 1.51. The monoisotopic (exact) mass is 199 g/mol. The molecule has 0 aromatic carbocycles. The molecule has 0 aliphatic carbocycles. The minimum absolute atomic E-state index is 0.370. The maximum absolute atomic E-state index is 10.8. The Hall–Kier alpha value is -0.450. The maximum atomic E-state index is 10.8. The minimum Gasteiger partial charge on any atom is -0.356 e. The average Bonchev–Trinajstić information content (AvgIpc) is 2.21. The zero-order chi connectivity index (χ0) is 10.4. The first-order valence-electron chi connectivity index (χ1n) is 5.06. The summed E-state index contributed by atoms with van der Waals surface area (Å²) in [6.45, 7) is 8.03. The second-order valence-corrected chi connectivity index (χ2v) is 3.59. The second-order valence-electron chi connectivity index (χ2n) is 3.59. The van der Waals surface area contributed by atoms with Crippen molar-refractivity contribution in [1.82, 2.24) is 9.80 Å². The quantitative estimate of drug-likeness (QED) is 0.583. The predicted molar refractivity (Wildman–Crippen MR) is 54.8 cm³/mol. The molecule has 1 fully saturated rings. The first kappa shape index (κ1) is 11.6. The van der Waals surface area contributed by atoms with E-state index >= 15 is 0 Å². The molecule has 1 atom stereocenters. The molecule has 1 saturated heterocycles. The van der Waals surface area contributed by atoms with Crippen LogP contribution in [0.25, 0.3) is 0 Å². The number of rotatable bonds is 5. The zero-order valence-corrected chi connectivity index (χ0v) is 8.82. The number of ether oxygens (including phenoxy) is 1. The SMILES string of the molecule is [CH2]CCOC(C=O)N1CCN(C)CC1. The first-order valence-corrected chi connectivity index (χ1v) is 5.06. The van der Waals surface area contributed by atoms with Crippen molar-refractivity contribution in [2.45, 2.75) is 12.6 Å². The van der Waals surface area contributed by atoms with Crippen LogP contribution in [0.1, 0.15) is 6.42 Å². The van der Waals surface area contributed by atoms with Crippen molar-refractivity contribution < 1.29 is 9.53 Å². The Labute approximate surface area is 85.8 Å². The number of nitrogens with zero attached hydrogens (tertiary/aromatic N) is 2. The van der Waals surface area contributed by atoms with E-state index in [9.17, 15) is 4.79 Å². The Bertz CT molecular complexity index is 168. The lowest BCUT2D eigenvalue weighted by Gasteiger charge is -2.35. The molecule has 0 N–H and O–H groups in total. The molecule has 0 amide bonds. The van der Waals surface area contributed by atoms with Crippen molar-refractivity contribution in [2.24, 2.45) is 0 Å². The Morgan fingerprint density at radius 3 is 2.57 bits per heavy atom. The standard InChI is InChI=1S/C10H19N2O2/c1-3-8-14-10(9-13)12-6-4-11(2)5-7-12/h9-10H,1,3-8H2,2H3. The van der Waals surface area contributed by atoms with Crippen molar-refractivity contribution >= 4 is 6.29 Å². The Morgan fingerprint density at radius 1 is 1.43 bits per heavy atom. The number of piperazine rings is 1. The van der Waals surface area contributed by atoms with Gasteiger partial charge in [0.2, 0.25) is 0 Å². The molecular weight excluding hydrogens is 180 g/mol. The van der Waals surface area contributed by atoms with Crippen LogP contribution < -0.4 is 0 Å². The van der Waals surface area contributed by atoms with Crippen LogP contribution >= 0.6 is 0 Å². The summed E-state index contributed by atoms with van der Waals surface area (Å²) in [5.74, 6) is 0. The molecule has 14 heavy (non-hydrogen) atoms. The van der Waals surface area contributed by atoms with Crippen LogP contribution in [0.2, 0.25) is 0 Å². The number of hydrogen-bond donors (Lipinski definition) is 0. The summed E-state index contributed by atoms with van der Waals surface area (Å²) in [5.41, 5.74) is 0. The largest absolute Gasteiger partial charge is 0.356 e. The summed E-state index contributed by atoms with van der Waals surface area (Å²) < 4.78 is 5.39. The van der Waals surface area contributed by atoms with E-state index in [4.69, 9.17) is 4.74 Å². The van der Waals surface area contributed by atoms with E-state index in [0.29, 0.717) is 13.0 Å². The predicted octanol–water partition coefficient (Wildman–Crippen LogP) is -0.000410. The van der Waals surface area contributed by atoms with Crippen LogP contribution in [0, 0.1) is 6.92 Å². The molecular formula is C10H19N2O2. The van der Waals surface area contributed by atoms with Crippen molar-refractivity contribution in [1.29, 1.82) is 0 Å². The Kier molecular flexibility index (Phi) is 5.07. The molecule has 0 saturated carbocycles. The fourth-order valence-corrected chi connectivity index (χ4v) is 1.51. The topological polar surface area (TPSA) is 32.8 Å². The highest BCUT2D eigenvalue weighted by Gasteiger charge is 2.21. The van der Waals surface area contributed by atoms with E-state index in [0.717, 1.165) is 32.5 Å². The fraction of sp³-hybridized carbons (Fsp3) is 0.800. The van der Waals surface area contributed by atoms with Gasteiger partial charge in [-0.1, -0.05) is 6.92 Å². The van der Waals surface area contributed by atoms with Gasteiger partial charge in [-0.05, 0) is 13.5 Å². The average molecular weight is 199 g/mol. The van der Waals surface area contributed by atoms with Gasteiger partial charge < -0.3 is 9.64 Å².